The third-order valence-corrected chi connectivity index (χ3v) is 6.40. The van der Waals surface area contributed by atoms with Gasteiger partial charge in [0.2, 0.25) is 5.91 Å². The number of hydrogen-bond donors (Lipinski definition) is 2. The van der Waals surface area contributed by atoms with Crippen LogP contribution in [0.15, 0.2) is 82.0 Å². The molecule has 5 rings (SSSR count). The number of thiazole rings is 1. The third-order valence-electron chi connectivity index (χ3n) is 5.47. The maximum Gasteiger partial charge on any atom is 0.344 e. The number of nitrogens with one attached hydrogen (secondary N) is 2. The van der Waals surface area contributed by atoms with Gasteiger partial charge in [-0.25, -0.2) is 9.78 Å². The Kier molecular flexibility index (Phi) is 6.12. The molecule has 0 aliphatic rings. The lowest BCUT2D eigenvalue weighted by atomic mass is 10.0. The van der Waals surface area contributed by atoms with Gasteiger partial charge in [-0.2, -0.15) is 0 Å². The van der Waals surface area contributed by atoms with Crippen LogP contribution in [-0.2, 0) is 4.79 Å². The second-order valence-corrected chi connectivity index (χ2v) is 9.05. The average Bonchev–Trinajstić information content (AvgIpc) is 3.25. The first-order valence-corrected chi connectivity index (χ1v) is 12.0. The molecule has 7 nitrogen and oxygen atoms in total. The molecule has 0 fully saturated rings. The Bertz CT molecular complexity index is 1620. The quantitative estimate of drug-likeness (QED) is 0.286. The highest BCUT2D eigenvalue weighted by Gasteiger charge is 2.12. The second kappa shape index (κ2) is 9.52. The van der Waals surface area contributed by atoms with Crippen molar-refractivity contribution >= 4 is 55.2 Å². The van der Waals surface area contributed by atoms with E-state index < -0.39 is 5.63 Å². The smallest absolute Gasteiger partial charge is 0.344 e. The summed E-state index contributed by atoms with van der Waals surface area (Å²) in [7, 11) is 0. The predicted molar refractivity (Wildman–Crippen MR) is 139 cm³/mol. The molecule has 2 amide bonds. The van der Waals surface area contributed by atoms with Gasteiger partial charge in [-0.1, -0.05) is 48.6 Å². The van der Waals surface area contributed by atoms with Crippen LogP contribution in [0.25, 0.3) is 32.3 Å². The van der Waals surface area contributed by atoms with E-state index in [4.69, 9.17) is 4.42 Å². The number of anilines is 2. The van der Waals surface area contributed by atoms with Gasteiger partial charge in [-0.3, -0.25) is 9.59 Å². The van der Waals surface area contributed by atoms with Crippen LogP contribution in [0.1, 0.15) is 30.1 Å². The Morgan fingerprint density at radius 2 is 1.77 bits per heavy atom. The van der Waals surface area contributed by atoms with E-state index in [9.17, 15) is 14.4 Å². The van der Waals surface area contributed by atoms with Crippen LogP contribution < -0.4 is 16.3 Å². The Hall–Kier alpha value is -4.30. The van der Waals surface area contributed by atoms with Gasteiger partial charge in [0.05, 0.1) is 15.8 Å². The molecular weight excluding hydrogens is 462 g/mol. The number of carbonyl (C=O) groups is 2. The molecule has 0 radical (unpaired) electrons. The zero-order valence-electron chi connectivity index (χ0n) is 18.8. The van der Waals surface area contributed by atoms with E-state index in [2.05, 4.69) is 15.6 Å². The van der Waals surface area contributed by atoms with Crippen LogP contribution in [0.3, 0.4) is 0 Å². The maximum atomic E-state index is 12.8. The van der Waals surface area contributed by atoms with Gasteiger partial charge in [0.25, 0.3) is 5.91 Å². The van der Waals surface area contributed by atoms with Crippen LogP contribution in [0.5, 0.6) is 0 Å². The van der Waals surface area contributed by atoms with Gasteiger partial charge in [0.1, 0.15) is 5.58 Å². The number of fused-ring (bicyclic) bond motifs is 2. The number of aromatic nitrogens is 1. The number of benzene rings is 3. The number of amides is 2. The van der Waals surface area contributed by atoms with Crippen molar-refractivity contribution < 1.29 is 14.0 Å². The molecule has 2 heterocycles. The molecule has 174 valence electrons. The Morgan fingerprint density at radius 3 is 2.57 bits per heavy atom. The molecule has 0 bridgehead atoms. The SMILES string of the molecule is CCCC(=O)Nc1nc2ccc(NC(=O)c3ccc(-c4cc5ccccc5oc4=O)cc3)cc2s1. The molecule has 2 N–H and O–H groups in total. The number of rotatable bonds is 6. The third kappa shape index (κ3) is 4.83. The molecule has 3 aromatic carbocycles. The van der Waals surface area contributed by atoms with E-state index >= 15 is 0 Å². The lowest BCUT2D eigenvalue weighted by Crippen LogP contribution is -2.11. The van der Waals surface area contributed by atoms with Gasteiger partial charge in [0.15, 0.2) is 5.13 Å². The van der Waals surface area contributed by atoms with E-state index in [0.29, 0.717) is 39.5 Å². The van der Waals surface area contributed by atoms with Crippen LogP contribution in [0.4, 0.5) is 10.8 Å². The molecule has 0 unspecified atom stereocenters. The summed E-state index contributed by atoms with van der Waals surface area (Å²) < 4.78 is 6.27. The van der Waals surface area contributed by atoms with Crippen molar-refractivity contribution in [3.63, 3.8) is 0 Å². The van der Waals surface area contributed by atoms with E-state index in [0.717, 1.165) is 22.0 Å². The van der Waals surface area contributed by atoms with Gasteiger partial charge in [-0.05, 0) is 54.4 Å². The van der Waals surface area contributed by atoms with Crippen molar-refractivity contribution in [3.05, 3.63) is 88.8 Å². The van der Waals surface area contributed by atoms with Crippen molar-refractivity contribution in [2.45, 2.75) is 19.8 Å². The first kappa shape index (κ1) is 22.5. The monoisotopic (exact) mass is 483 g/mol. The van der Waals surface area contributed by atoms with E-state index in [1.54, 1.807) is 48.5 Å². The minimum absolute atomic E-state index is 0.0648. The standard InChI is InChI=1S/C27H21N3O4S/c1-2-5-24(31)30-27-29-21-13-12-19(15-23(21)35-27)28-25(32)17-10-8-16(9-11-17)20-14-18-6-3-4-7-22(18)34-26(20)33/h3-4,6-15H,2,5H2,1H3,(H,28,32)(H,29,30,31). The fourth-order valence-corrected chi connectivity index (χ4v) is 4.65. The van der Waals surface area contributed by atoms with Crippen molar-refractivity contribution in [3.8, 4) is 11.1 Å². The zero-order chi connectivity index (χ0) is 24.4. The normalized spacial score (nSPS) is 11.0. The molecule has 0 aliphatic heterocycles. The highest BCUT2D eigenvalue weighted by Crippen LogP contribution is 2.29. The molecule has 0 aliphatic carbocycles. The molecule has 0 saturated carbocycles. The average molecular weight is 484 g/mol. The van der Waals surface area contributed by atoms with Crippen LogP contribution in [-0.4, -0.2) is 16.8 Å². The summed E-state index contributed by atoms with van der Waals surface area (Å²) in [6.45, 7) is 1.95. The van der Waals surface area contributed by atoms with Crippen molar-refractivity contribution in [1.82, 2.24) is 4.98 Å². The van der Waals surface area contributed by atoms with Gasteiger partial charge in [0, 0.05) is 23.1 Å². The molecule has 5 aromatic rings. The number of carbonyl (C=O) groups excluding carboxylic acids is 2. The number of hydrogen-bond acceptors (Lipinski definition) is 6. The highest BCUT2D eigenvalue weighted by molar-refractivity contribution is 7.22. The minimum Gasteiger partial charge on any atom is -0.422 e. The predicted octanol–water partition coefficient (Wildman–Crippen LogP) is 6.06. The van der Waals surface area contributed by atoms with E-state index in [-0.39, 0.29) is 11.8 Å². The number of para-hydroxylation sites is 1. The first-order chi connectivity index (χ1) is 17.0. The summed E-state index contributed by atoms with van der Waals surface area (Å²) in [5.74, 6) is -0.340. The Labute approximate surface area is 204 Å². The first-order valence-electron chi connectivity index (χ1n) is 11.2. The minimum atomic E-state index is -0.427. The highest BCUT2D eigenvalue weighted by atomic mass is 32.1. The summed E-state index contributed by atoms with van der Waals surface area (Å²) in [5, 5.41) is 7.06. The van der Waals surface area contributed by atoms with Crippen LogP contribution >= 0.6 is 11.3 Å². The van der Waals surface area contributed by atoms with Crippen LogP contribution in [0.2, 0.25) is 0 Å². The summed E-state index contributed by atoms with van der Waals surface area (Å²) in [4.78, 5) is 41.5. The molecule has 35 heavy (non-hydrogen) atoms. The van der Waals surface area contributed by atoms with Gasteiger partial charge in [-0.15, -0.1) is 0 Å². The van der Waals surface area contributed by atoms with Crippen LogP contribution in [0, 0.1) is 0 Å². The number of nitrogens with zero attached hydrogens (tertiary/aromatic N) is 1. The van der Waals surface area contributed by atoms with Crippen molar-refractivity contribution in [1.29, 1.82) is 0 Å². The van der Waals surface area contributed by atoms with Gasteiger partial charge < -0.3 is 15.1 Å². The lowest BCUT2D eigenvalue weighted by Gasteiger charge is -2.07. The van der Waals surface area contributed by atoms with E-state index in [1.807, 2.05) is 31.2 Å². The fraction of sp³-hybridized carbons (Fsp3) is 0.111. The Balaban J connectivity index is 1.32. The van der Waals surface area contributed by atoms with Gasteiger partial charge >= 0.3 is 5.63 Å². The van der Waals surface area contributed by atoms with Crippen molar-refractivity contribution in [2.24, 2.45) is 0 Å². The molecular formula is C27H21N3O4S. The second-order valence-electron chi connectivity index (χ2n) is 8.02. The summed E-state index contributed by atoms with van der Waals surface area (Å²) >= 11 is 1.36. The van der Waals surface area contributed by atoms with Crippen molar-refractivity contribution in [2.75, 3.05) is 10.6 Å². The Morgan fingerprint density at radius 1 is 0.971 bits per heavy atom. The largest absolute Gasteiger partial charge is 0.422 e. The molecule has 8 heteroatoms. The summed E-state index contributed by atoms with van der Waals surface area (Å²) in [5.41, 5.74) is 3.04. The maximum absolute atomic E-state index is 12.8. The zero-order valence-corrected chi connectivity index (χ0v) is 19.6. The molecule has 0 spiro atoms. The summed E-state index contributed by atoms with van der Waals surface area (Å²) in [6.07, 6.45) is 1.21. The molecule has 0 saturated heterocycles. The molecule has 2 aromatic heterocycles. The fourth-order valence-electron chi connectivity index (χ4n) is 3.73. The van der Waals surface area contributed by atoms with E-state index in [1.165, 1.54) is 11.3 Å². The molecule has 0 atom stereocenters. The lowest BCUT2D eigenvalue weighted by molar-refractivity contribution is -0.116. The summed E-state index contributed by atoms with van der Waals surface area (Å²) in [6, 6.07) is 21.3. The topological polar surface area (TPSA) is 101 Å².